The summed E-state index contributed by atoms with van der Waals surface area (Å²) >= 11 is 4.67. The number of aromatic hydroxyl groups is 1. The molecular formula is C15H15FN4OS. The first-order valence-corrected chi connectivity index (χ1v) is 7.11. The van der Waals surface area contributed by atoms with E-state index in [9.17, 15) is 9.50 Å². The van der Waals surface area contributed by atoms with Crippen LogP contribution in [0.1, 0.15) is 26.3 Å². The fourth-order valence-corrected chi connectivity index (χ4v) is 3.13. The summed E-state index contributed by atoms with van der Waals surface area (Å²) in [6.45, 7) is 5.83. The molecule has 7 heteroatoms. The number of nitrogens with zero attached hydrogens (tertiary/aromatic N) is 3. The monoisotopic (exact) mass is 318 g/mol. The van der Waals surface area contributed by atoms with Gasteiger partial charge < -0.3 is 15.4 Å². The Bertz CT molecular complexity index is 880. The number of benzene rings is 1. The molecule has 0 fully saturated rings. The van der Waals surface area contributed by atoms with E-state index in [0.29, 0.717) is 5.39 Å². The zero-order valence-corrected chi connectivity index (χ0v) is 13.2. The molecule has 2 heterocycles. The number of azo groups is 1. The smallest absolute Gasteiger partial charge is 0.221 e. The van der Waals surface area contributed by atoms with Crippen LogP contribution >= 0.6 is 12.2 Å². The Kier molecular flexibility index (Phi) is 3.07. The van der Waals surface area contributed by atoms with Gasteiger partial charge in [0.05, 0.1) is 11.1 Å². The maximum absolute atomic E-state index is 14.0. The van der Waals surface area contributed by atoms with Gasteiger partial charge in [0.15, 0.2) is 5.69 Å². The molecule has 3 rings (SSSR count). The highest BCUT2D eigenvalue weighted by atomic mass is 32.1. The molecule has 2 aromatic rings. The van der Waals surface area contributed by atoms with Crippen molar-refractivity contribution < 1.29 is 9.50 Å². The zero-order valence-electron chi connectivity index (χ0n) is 12.4. The van der Waals surface area contributed by atoms with Crippen LogP contribution in [0.5, 0.6) is 5.88 Å². The quantitative estimate of drug-likeness (QED) is 0.617. The summed E-state index contributed by atoms with van der Waals surface area (Å²) in [5, 5.41) is 18.4. The summed E-state index contributed by atoms with van der Waals surface area (Å²) in [6, 6.07) is 2.78. The van der Waals surface area contributed by atoms with Gasteiger partial charge in [0.25, 0.3) is 0 Å². The molecule has 0 bridgehead atoms. The van der Waals surface area contributed by atoms with Gasteiger partial charge in [-0.3, -0.25) is 0 Å². The van der Waals surface area contributed by atoms with Crippen LogP contribution in [-0.4, -0.2) is 14.8 Å². The first kappa shape index (κ1) is 14.6. The maximum Gasteiger partial charge on any atom is 0.221 e. The van der Waals surface area contributed by atoms with Gasteiger partial charge in [-0.2, -0.15) is 0 Å². The number of aromatic nitrogens is 1. The van der Waals surface area contributed by atoms with Crippen molar-refractivity contribution in [1.29, 1.82) is 0 Å². The van der Waals surface area contributed by atoms with Crippen LogP contribution < -0.4 is 5.73 Å². The second-order valence-corrected chi connectivity index (χ2v) is 6.29. The molecule has 1 aromatic heterocycles. The van der Waals surface area contributed by atoms with E-state index in [1.54, 1.807) is 4.57 Å². The molecule has 0 aliphatic carbocycles. The van der Waals surface area contributed by atoms with Crippen LogP contribution in [0, 0.1) is 5.82 Å². The van der Waals surface area contributed by atoms with Gasteiger partial charge in [-0.1, -0.05) is 6.08 Å². The second-order valence-electron chi connectivity index (χ2n) is 5.88. The third-order valence-corrected chi connectivity index (χ3v) is 3.88. The minimum absolute atomic E-state index is 0.0874. The largest absolute Gasteiger partial charge is 0.493 e. The van der Waals surface area contributed by atoms with Gasteiger partial charge in [-0.25, -0.2) is 4.39 Å². The van der Waals surface area contributed by atoms with Gasteiger partial charge in [0, 0.05) is 10.9 Å². The molecule has 0 radical (unpaired) electrons. The molecule has 1 aromatic carbocycles. The molecule has 0 atom stereocenters. The summed E-state index contributed by atoms with van der Waals surface area (Å²) in [5.41, 5.74) is 7.40. The molecule has 0 saturated carbocycles. The number of hydrogen-bond acceptors (Lipinski definition) is 3. The van der Waals surface area contributed by atoms with Crippen LogP contribution in [0.15, 0.2) is 28.4 Å². The number of allylic oxidation sites excluding steroid dienone is 2. The lowest BCUT2D eigenvalue weighted by Gasteiger charge is -2.30. The Balaban J connectivity index is 2.46. The van der Waals surface area contributed by atoms with Crippen LogP contribution in [0.2, 0.25) is 0 Å². The van der Waals surface area contributed by atoms with E-state index in [0.717, 1.165) is 16.7 Å². The SMILES string of the molecule is CC1=CC(C)(C)n2c(O)c(N=NC(N)=S)c3cc(F)cc1c32. The first-order chi connectivity index (χ1) is 10.2. The minimum Gasteiger partial charge on any atom is -0.493 e. The first-order valence-electron chi connectivity index (χ1n) is 6.71. The number of halogens is 1. The predicted molar refractivity (Wildman–Crippen MR) is 87.8 cm³/mol. The molecule has 0 spiro atoms. The van der Waals surface area contributed by atoms with Crippen molar-refractivity contribution in [2.75, 3.05) is 0 Å². The van der Waals surface area contributed by atoms with E-state index < -0.39 is 11.4 Å². The zero-order chi connectivity index (χ0) is 16.2. The summed E-state index contributed by atoms with van der Waals surface area (Å²) in [6.07, 6.45) is 1.97. The molecule has 0 unspecified atom stereocenters. The maximum atomic E-state index is 14.0. The molecule has 114 valence electrons. The molecule has 22 heavy (non-hydrogen) atoms. The van der Waals surface area contributed by atoms with Crippen molar-refractivity contribution in [2.24, 2.45) is 16.0 Å². The molecular weight excluding hydrogens is 303 g/mol. The van der Waals surface area contributed by atoms with Gasteiger partial charge >= 0.3 is 0 Å². The Labute approximate surface area is 131 Å². The number of rotatable bonds is 1. The fraction of sp³-hybridized carbons (Fsp3) is 0.267. The summed E-state index contributed by atoms with van der Waals surface area (Å²) in [7, 11) is 0. The molecule has 3 N–H and O–H groups in total. The average molecular weight is 318 g/mol. The van der Waals surface area contributed by atoms with E-state index in [1.807, 2.05) is 26.8 Å². The van der Waals surface area contributed by atoms with E-state index in [1.165, 1.54) is 12.1 Å². The number of nitrogens with two attached hydrogens (primary N) is 1. The third-order valence-electron chi connectivity index (χ3n) is 3.80. The van der Waals surface area contributed by atoms with Crippen molar-refractivity contribution in [3.05, 3.63) is 29.6 Å². The van der Waals surface area contributed by atoms with E-state index >= 15 is 0 Å². The minimum atomic E-state index is -0.478. The van der Waals surface area contributed by atoms with E-state index in [2.05, 4.69) is 22.4 Å². The predicted octanol–water partition coefficient (Wildman–Crippen LogP) is 3.97. The Morgan fingerprint density at radius 1 is 1.41 bits per heavy atom. The van der Waals surface area contributed by atoms with Crippen molar-refractivity contribution >= 4 is 39.5 Å². The normalized spacial score (nSPS) is 16.3. The molecule has 0 saturated heterocycles. The van der Waals surface area contributed by atoms with Gasteiger partial charge in [0.1, 0.15) is 5.82 Å². The summed E-state index contributed by atoms with van der Waals surface area (Å²) < 4.78 is 15.7. The van der Waals surface area contributed by atoms with Crippen LogP contribution in [0.3, 0.4) is 0 Å². The van der Waals surface area contributed by atoms with Crippen molar-refractivity contribution in [1.82, 2.24) is 4.57 Å². The number of hydrogen-bond donors (Lipinski definition) is 2. The third kappa shape index (κ3) is 2.00. The lowest BCUT2D eigenvalue weighted by molar-refractivity contribution is 0.362. The van der Waals surface area contributed by atoms with Crippen molar-refractivity contribution in [3.63, 3.8) is 0 Å². The topological polar surface area (TPSA) is 75.9 Å². The molecule has 5 nitrogen and oxygen atoms in total. The standard InChI is InChI=1S/C15H15FN4OS/c1-7-6-15(2,3)20-12-9(7)4-8(16)5-10(12)11(13(20)21)18-19-14(17)22/h4-6,21H,1-3H3,(H2,17,22). The fourth-order valence-electron chi connectivity index (χ4n) is 3.08. The van der Waals surface area contributed by atoms with Crippen LogP contribution in [-0.2, 0) is 5.54 Å². The Hall–Kier alpha value is -2.28. The van der Waals surface area contributed by atoms with Gasteiger partial charge in [-0.15, -0.1) is 10.2 Å². The molecule has 1 aliphatic heterocycles. The summed E-state index contributed by atoms with van der Waals surface area (Å²) in [5.74, 6) is -0.491. The molecule has 0 amide bonds. The van der Waals surface area contributed by atoms with Crippen LogP contribution in [0.25, 0.3) is 16.5 Å². The number of thiocarbonyl (C=S) groups is 1. The van der Waals surface area contributed by atoms with Gasteiger partial charge in [-0.05, 0) is 50.7 Å². The van der Waals surface area contributed by atoms with E-state index in [-0.39, 0.29) is 16.7 Å². The lowest BCUT2D eigenvalue weighted by Crippen LogP contribution is -2.26. The Morgan fingerprint density at radius 3 is 2.73 bits per heavy atom. The van der Waals surface area contributed by atoms with E-state index in [4.69, 9.17) is 5.73 Å². The highest BCUT2D eigenvalue weighted by Gasteiger charge is 2.32. The van der Waals surface area contributed by atoms with Crippen molar-refractivity contribution in [3.8, 4) is 5.88 Å². The van der Waals surface area contributed by atoms with Gasteiger partial charge in [0.2, 0.25) is 11.0 Å². The summed E-state index contributed by atoms with van der Waals surface area (Å²) in [4.78, 5) is 0. The highest BCUT2D eigenvalue weighted by Crippen LogP contribution is 2.48. The highest BCUT2D eigenvalue weighted by molar-refractivity contribution is 7.80. The average Bonchev–Trinajstić information content (AvgIpc) is 2.66. The second kappa shape index (κ2) is 4.61. The van der Waals surface area contributed by atoms with Crippen LogP contribution in [0.4, 0.5) is 10.1 Å². The lowest BCUT2D eigenvalue weighted by atomic mass is 9.92. The van der Waals surface area contributed by atoms with Crippen molar-refractivity contribution in [2.45, 2.75) is 26.3 Å². The molecule has 1 aliphatic rings. The Morgan fingerprint density at radius 2 is 2.09 bits per heavy atom.